The quantitative estimate of drug-likeness (QED) is 0.727. The van der Waals surface area contributed by atoms with Crippen molar-refractivity contribution in [3.8, 4) is 6.07 Å². The van der Waals surface area contributed by atoms with Crippen molar-refractivity contribution in [3.63, 3.8) is 0 Å². The van der Waals surface area contributed by atoms with Gasteiger partial charge in [0.15, 0.2) is 0 Å². The summed E-state index contributed by atoms with van der Waals surface area (Å²) in [5.74, 6) is 1.02. The van der Waals surface area contributed by atoms with Gasteiger partial charge in [0.2, 0.25) is 0 Å². The highest BCUT2D eigenvalue weighted by Crippen LogP contribution is 2.36. The fourth-order valence-electron chi connectivity index (χ4n) is 3.04. The molecule has 2 aliphatic rings. The molecule has 16 heavy (non-hydrogen) atoms. The smallest absolute Gasteiger partial charge is 0.0672 e. The second kappa shape index (κ2) is 5.19. The molecule has 0 aromatic heterocycles. The van der Waals surface area contributed by atoms with Gasteiger partial charge in [-0.2, -0.15) is 5.26 Å². The summed E-state index contributed by atoms with van der Waals surface area (Å²) in [6.45, 7) is 5.77. The summed E-state index contributed by atoms with van der Waals surface area (Å²) in [6.07, 6.45) is 7.69. The second-order valence-corrected chi connectivity index (χ2v) is 5.91. The standard InChI is InChI=1S/C14H24N2/c1-11(2)10-16(13-7-8-13)14-6-4-3-5-12(14)9-15/h11-14H,3-8,10H2,1-2H3. The first-order chi connectivity index (χ1) is 7.72. The van der Waals surface area contributed by atoms with Gasteiger partial charge in [0.25, 0.3) is 0 Å². The zero-order valence-corrected chi connectivity index (χ0v) is 10.7. The van der Waals surface area contributed by atoms with Gasteiger partial charge in [-0.25, -0.2) is 0 Å². The minimum absolute atomic E-state index is 0.299. The maximum absolute atomic E-state index is 9.27. The molecule has 0 aromatic rings. The lowest BCUT2D eigenvalue weighted by Crippen LogP contribution is -2.45. The normalized spacial score (nSPS) is 30.7. The fourth-order valence-corrected chi connectivity index (χ4v) is 3.04. The fraction of sp³-hybridized carbons (Fsp3) is 0.929. The Kier molecular flexibility index (Phi) is 3.86. The maximum atomic E-state index is 9.27. The van der Waals surface area contributed by atoms with Crippen LogP contribution in [0, 0.1) is 23.2 Å². The molecule has 0 radical (unpaired) electrons. The predicted octanol–water partition coefficient (Wildman–Crippen LogP) is 3.19. The van der Waals surface area contributed by atoms with Crippen molar-refractivity contribution in [1.29, 1.82) is 5.26 Å². The second-order valence-electron chi connectivity index (χ2n) is 5.91. The average molecular weight is 220 g/mol. The van der Waals surface area contributed by atoms with Crippen molar-refractivity contribution in [2.45, 2.75) is 64.5 Å². The molecule has 2 nitrogen and oxygen atoms in total. The van der Waals surface area contributed by atoms with Crippen LogP contribution in [0.1, 0.15) is 52.4 Å². The van der Waals surface area contributed by atoms with Crippen LogP contribution in [0.4, 0.5) is 0 Å². The third kappa shape index (κ3) is 2.77. The largest absolute Gasteiger partial charge is 0.296 e. The zero-order valence-electron chi connectivity index (χ0n) is 10.7. The SMILES string of the molecule is CC(C)CN(C1CC1)C1CCCCC1C#N. The highest BCUT2D eigenvalue weighted by molar-refractivity contribution is 4.99. The van der Waals surface area contributed by atoms with E-state index < -0.39 is 0 Å². The number of hydrogen-bond donors (Lipinski definition) is 0. The van der Waals surface area contributed by atoms with Crippen molar-refractivity contribution in [1.82, 2.24) is 4.90 Å². The Hall–Kier alpha value is -0.550. The summed E-state index contributed by atoms with van der Waals surface area (Å²) >= 11 is 0. The molecule has 0 amide bonds. The van der Waals surface area contributed by atoms with Gasteiger partial charge in [-0.15, -0.1) is 0 Å². The van der Waals surface area contributed by atoms with E-state index in [0.29, 0.717) is 12.0 Å². The summed E-state index contributed by atoms with van der Waals surface area (Å²) in [4.78, 5) is 2.66. The Morgan fingerprint density at radius 3 is 2.44 bits per heavy atom. The number of hydrogen-bond acceptors (Lipinski definition) is 2. The van der Waals surface area contributed by atoms with Gasteiger partial charge in [0.1, 0.15) is 0 Å². The molecule has 90 valence electrons. The molecule has 2 atom stereocenters. The summed E-state index contributed by atoms with van der Waals surface area (Å²) in [7, 11) is 0. The Bertz CT molecular complexity index is 262. The third-order valence-corrected chi connectivity index (χ3v) is 3.91. The van der Waals surface area contributed by atoms with E-state index in [1.807, 2.05) is 0 Å². The van der Waals surface area contributed by atoms with Crippen molar-refractivity contribution in [2.75, 3.05) is 6.54 Å². The van der Waals surface area contributed by atoms with E-state index in [0.717, 1.165) is 18.4 Å². The van der Waals surface area contributed by atoms with E-state index in [4.69, 9.17) is 0 Å². The van der Waals surface area contributed by atoms with Crippen LogP contribution in [0.5, 0.6) is 0 Å². The van der Waals surface area contributed by atoms with Gasteiger partial charge < -0.3 is 0 Å². The summed E-state index contributed by atoms with van der Waals surface area (Å²) < 4.78 is 0. The molecule has 2 fully saturated rings. The molecule has 0 aliphatic heterocycles. The molecule has 0 bridgehead atoms. The summed E-state index contributed by atoms with van der Waals surface area (Å²) in [5, 5.41) is 9.27. The molecular weight excluding hydrogens is 196 g/mol. The van der Waals surface area contributed by atoms with E-state index in [1.54, 1.807) is 0 Å². The maximum Gasteiger partial charge on any atom is 0.0672 e. The van der Waals surface area contributed by atoms with Crippen LogP contribution in [0.3, 0.4) is 0 Å². The number of nitrogens with zero attached hydrogens (tertiary/aromatic N) is 2. The van der Waals surface area contributed by atoms with Crippen molar-refractivity contribution in [3.05, 3.63) is 0 Å². The summed E-state index contributed by atoms with van der Waals surface area (Å²) in [6, 6.07) is 3.92. The third-order valence-electron chi connectivity index (χ3n) is 3.91. The minimum atomic E-state index is 0.299. The highest BCUT2D eigenvalue weighted by Gasteiger charge is 2.38. The monoisotopic (exact) mass is 220 g/mol. The molecule has 0 saturated heterocycles. The van der Waals surface area contributed by atoms with Gasteiger partial charge >= 0.3 is 0 Å². The molecule has 2 unspecified atom stereocenters. The first-order valence-electron chi connectivity index (χ1n) is 6.87. The van der Waals surface area contributed by atoms with Crippen LogP contribution < -0.4 is 0 Å². The first-order valence-corrected chi connectivity index (χ1v) is 6.87. The van der Waals surface area contributed by atoms with Crippen LogP contribution in [-0.2, 0) is 0 Å². The van der Waals surface area contributed by atoms with E-state index in [-0.39, 0.29) is 0 Å². The molecule has 0 N–H and O–H groups in total. The lowest BCUT2D eigenvalue weighted by atomic mass is 9.84. The van der Waals surface area contributed by atoms with Crippen LogP contribution in [0.25, 0.3) is 0 Å². The minimum Gasteiger partial charge on any atom is -0.296 e. The van der Waals surface area contributed by atoms with Crippen LogP contribution in [0.2, 0.25) is 0 Å². The highest BCUT2D eigenvalue weighted by atomic mass is 15.2. The molecule has 2 rings (SSSR count). The van der Waals surface area contributed by atoms with Gasteiger partial charge in [-0.05, 0) is 31.6 Å². The average Bonchev–Trinajstić information content (AvgIpc) is 3.09. The van der Waals surface area contributed by atoms with E-state index >= 15 is 0 Å². The van der Waals surface area contributed by atoms with E-state index in [1.165, 1.54) is 38.6 Å². The lowest BCUT2D eigenvalue weighted by Gasteiger charge is -2.38. The molecule has 2 heteroatoms. The van der Waals surface area contributed by atoms with Crippen molar-refractivity contribution >= 4 is 0 Å². The zero-order chi connectivity index (χ0) is 11.5. The van der Waals surface area contributed by atoms with Gasteiger partial charge in [0.05, 0.1) is 12.0 Å². The van der Waals surface area contributed by atoms with E-state index in [2.05, 4.69) is 24.8 Å². The van der Waals surface area contributed by atoms with Gasteiger partial charge in [-0.1, -0.05) is 26.7 Å². The molecule has 0 spiro atoms. The first kappa shape index (κ1) is 11.9. The van der Waals surface area contributed by atoms with Gasteiger partial charge in [0, 0.05) is 18.6 Å². The Morgan fingerprint density at radius 2 is 1.88 bits per heavy atom. The number of rotatable bonds is 4. The molecule has 2 aliphatic carbocycles. The lowest BCUT2D eigenvalue weighted by molar-refractivity contribution is 0.105. The number of nitriles is 1. The Balaban J connectivity index is 2.02. The van der Waals surface area contributed by atoms with Crippen LogP contribution in [-0.4, -0.2) is 23.5 Å². The topological polar surface area (TPSA) is 27.0 Å². The summed E-state index contributed by atoms with van der Waals surface area (Å²) in [5.41, 5.74) is 0. The van der Waals surface area contributed by atoms with Crippen LogP contribution >= 0.6 is 0 Å². The molecule has 0 heterocycles. The Morgan fingerprint density at radius 1 is 1.19 bits per heavy atom. The molecular formula is C14H24N2. The van der Waals surface area contributed by atoms with Crippen LogP contribution in [0.15, 0.2) is 0 Å². The van der Waals surface area contributed by atoms with Gasteiger partial charge in [-0.3, -0.25) is 4.90 Å². The van der Waals surface area contributed by atoms with E-state index in [9.17, 15) is 5.26 Å². The Labute approximate surface area is 99.6 Å². The molecule has 0 aromatic carbocycles. The van der Waals surface area contributed by atoms with Crippen molar-refractivity contribution in [2.24, 2.45) is 11.8 Å². The van der Waals surface area contributed by atoms with Crippen molar-refractivity contribution < 1.29 is 0 Å². The molecule has 2 saturated carbocycles. The predicted molar refractivity (Wildman–Crippen MR) is 65.9 cm³/mol.